The number of methoxy groups -OCH3 is 1. The number of carbonyl (C=O) groups excluding carboxylic acids is 1. The number of thioether (sulfide) groups is 1. The zero-order valence-electron chi connectivity index (χ0n) is 11.8. The van der Waals surface area contributed by atoms with Crippen LogP contribution in [0.25, 0.3) is 0 Å². The number of ether oxygens (including phenoxy) is 1. The van der Waals surface area contributed by atoms with E-state index in [-0.39, 0.29) is 5.97 Å². The van der Waals surface area contributed by atoms with Crippen LogP contribution >= 0.6 is 24.0 Å². The molecule has 0 aliphatic carbocycles. The second kappa shape index (κ2) is 9.55. The molecule has 0 aromatic carbocycles. The Labute approximate surface area is 125 Å². The predicted molar refractivity (Wildman–Crippen MR) is 84.6 cm³/mol. The first kappa shape index (κ1) is 16.7. The van der Waals surface area contributed by atoms with Gasteiger partial charge >= 0.3 is 5.97 Å². The molecule has 1 heterocycles. The van der Waals surface area contributed by atoms with Gasteiger partial charge in [0.2, 0.25) is 0 Å². The number of esters is 1. The molecule has 1 unspecified atom stereocenters. The molecule has 0 spiro atoms. The number of thiocarbonyl (C=S) groups is 1. The van der Waals surface area contributed by atoms with Crippen LogP contribution in [0.15, 0.2) is 0 Å². The third kappa shape index (κ3) is 7.13. The third-order valence-corrected chi connectivity index (χ3v) is 4.80. The van der Waals surface area contributed by atoms with Gasteiger partial charge in [0, 0.05) is 24.8 Å². The largest absolute Gasteiger partial charge is 0.469 e. The van der Waals surface area contributed by atoms with Crippen molar-refractivity contribution >= 4 is 34.3 Å². The molecule has 6 heteroatoms. The van der Waals surface area contributed by atoms with Gasteiger partial charge in [-0.2, -0.15) is 0 Å². The number of hydrogen-bond donors (Lipinski definition) is 1. The summed E-state index contributed by atoms with van der Waals surface area (Å²) in [5, 5.41) is 3.28. The van der Waals surface area contributed by atoms with Crippen molar-refractivity contribution in [2.45, 2.75) is 38.1 Å². The highest BCUT2D eigenvalue weighted by Crippen LogP contribution is 2.17. The number of rotatable bonds is 7. The molecule has 110 valence electrons. The van der Waals surface area contributed by atoms with E-state index in [1.165, 1.54) is 26.5 Å². The van der Waals surface area contributed by atoms with Gasteiger partial charge in [0.1, 0.15) is 4.32 Å². The second-order valence-corrected chi connectivity index (χ2v) is 6.58. The Hall–Kier alpha value is -0.330. The summed E-state index contributed by atoms with van der Waals surface area (Å²) >= 11 is 6.86. The van der Waals surface area contributed by atoms with E-state index in [2.05, 4.69) is 22.0 Å². The Bertz CT molecular complexity index is 300. The monoisotopic (exact) mass is 304 g/mol. The normalized spacial score (nSPS) is 19.4. The molecular weight excluding hydrogens is 280 g/mol. The first-order chi connectivity index (χ1) is 9.13. The van der Waals surface area contributed by atoms with Crippen LogP contribution in [0.5, 0.6) is 0 Å². The van der Waals surface area contributed by atoms with E-state index in [1.54, 1.807) is 11.8 Å². The van der Waals surface area contributed by atoms with Crippen LogP contribution in [0.4, 0.5) is 0 Å². The number of hydrogen-bond acceptors (Lipinski definition) is 5. The van der Waals surface area contributed by atoms with Gasteiger partial charge in [0.25, 0.3) is 0 Å². The molecule has 0 bridgehead atoms. The van der Waals surface area contributed by atoms with Crippen LogP contribution in [-0.2, 0) is 9.53 Å². The predicted octanol–water partition coefficient (Wildman–Crippen LogP) is 2.03. The molecule has 0 amide bonds. The Morgan fingerprint density at radius 2 is 2.37 bits per heavy atom. The van der Waals surface area contributed by atoms with E-state index in [9.17, 15) is 4.79 Å². The van der Waals surface area contributed by atoms with Gasteiger partial charge in [-0.15, -0.1) is 0 Å². The van der Waals surface area contributed by atoms with E-state index in [4.69, 9.17) is 12.2 Å². The highest BCUT2D eigenvalue weighted by Gasteiger charge is 2.19. The lowest BCUT2D eigenvalue weighted by molar-refractivity contribution is -0.140. The van der Waals surface area contributed by atoms with Crippen molar-refractivity contribution in [1.82, 2.24) is 10.2 Å². The van der Waals surface area contributed by atoms with E-state index < -0.39 is 0 Å². The quantitative estimate of drug-likeness (QED) is 0.441. The fourth-order valence-electron chi connectivity index (χ4n) is 2.22. The lowest BCUT2D eigenvalue weighted by atomic mass is 10.1. The van der Waals surface area contributed by atoms with Gasteiger partial charge in [-0.25, -0.2) is 0 Å². The summed E-state index contributed by atoms with van der Waals surface area (Å²) in [6, 6.07) is 0.708. The zero-order valence-corrected chi connectivity index (χ0v) is 13.4. The summed E-state index contributed by atoms with van der Waals surface area (Å²) in [6.07, 6.45) is 5.05. The van der Waals surface area contributed by atoms with Crippen LogP contribution in [0.3, 0.4) is 0 Å². The maximum Gasteiger partial charge on any atom is 0.305 e. The molecule has 19 heavy (non-hydrogen) atoms. The number of nitrogens with zero attached hydrogens (tertiary/aromatic N) is 1. The van der Waals surface area contributed by atoms with Crippen LogP contribution in [0.1, 0.15) is 32.1 Å². The molecule has 1 rings (SSSR count). The highest BCUT2D eigenvalue weighted by molar-refractivity contribution is 8.22. The zero-order chi connectivity index (χ0) is 14.1. The number of carbonyl (C=O) groups is 1. The summed E-state index contributed by atoms with van der Waals surface area (Å²) in [6.45, 7) is 2.16. The summed E-state index contributed by atoms with van der Waals surface area (Å²) in [4.78, 5) is 13.3. The summed E-state index contributed by atoms with van der Waals surface area (Å²) in [5.74, 6) is 0.716. The van der Waals surface area contributed by atoms with Gasteiger partial charge in [-0.3, -0.25) is 4.79 Å². The highest BCUT2D eigenvalue weighted by atomic mass is 32.2. The molecule has 1 aliphatic heterocycles. The van der Waals surface area contributed by atoms with Crippen molar-refractivity contribution in [3.05, 3.63) is 0 Å². The molecule has 1 aliphatic rings. The molecule has 0 aromatic heterocycles. The molecular formula is C13H24N2O2S2. The molecule has 0 aromatic rings. The molecule has 1 fully saturated rings. The second-order valence-electron chi connectivity index (χ2n) is 4.81. The molecule has 1 atom stereocenters. The Morgan fingerprint density at radius 1 is 1.58 bits per heavy atom. The standard InChI is InChI=1S/C13H24N2O2S2/c1-15-9-3-5-11(15)7-8-14-13(18)19-10-4-6-12(16)17-2/h11H,3-10H2,1-2H3,(H,14,18). The van der Waals surface area contributed by atoms with E-state index >= 15 is 0 Å². The molecule has 4 nitrogen and oxygen atoms in total. The van der Waals surface area contributed by atoms with Crippen molar-refractivity contribution in [2.24, 2.45) is 0 Å². The van der Waals surface area contributed by atoms with E-state index in [0.29, 0.717) is 12.5 Å². The minimum absolute atomic E-state index is 0.149. The summed E-state index contributed by atoms with van der Waals surface area (Å²) < 4.78 is 5.43. The first-order valence-corrected chi connectivity index (χ1v) is 8.20. The van der Waals surface area contributed by atoms with Crippen molar-refractivity contribution < 1.29 is 9.53 Å². The fraction of sp³-hybridized carbons (Fsp3) is 0.846. The molecule has 1 saturated heterocycles. The van der Waals surface area contributed by atoms with Crippen LogP contribution in [0.2, 0.25) is 0 Å². The lowest BCUT2D eigenvalue weighted by Crippen LogP contribution is -2.30. The Kier molecular flexibility index (Phi) is 8.41. The van der Waals surface area contributed by atoms with Gasteiger partial charge < -0.3 is 15.0 Å². The van der Waals surface area contributed by atoms with Gasteiger partial charge in [0.15, 0.2) is 0 Å². The van der Waals surface area contributed by atoms with Gasteiger partial charge in [-0.1, -0.05) is 24.0 Å². The molecule has 0 saturated carbocycles. The smallest absolute Gasteiger partial charge is 0.305 e. The van der Waals surface area contributed by atoms with Crippen LogP contribution in [-0.4, -0.2) is 54.2 Å². The maximum atomic E-state index is 10.9. The van der Waals surface area contributed by atoms with Crippen molar-refractivity contribution in [1.29, 1.82) is 0 Å². The fourth-order valence-corrected chi connectivity index (χ4v) is 3.25. The van der Waals surface area contributed by atoms with E-state index in [1.807, 2.05) is 0 Å². The lowest BCUT2D eigenvalue weighted by Gasteiger charge is -2.19. The van der Waals surface area contributed by atoms with Crippen molar-refractivity contribution in [3.8, 4) is 0 Å². The Balaban J connectivity index is 1.97. The average molecular weight is 304 g/mol. The average Bonchev–Trinajstić information content (AvgIpc) is 2.80. The topological polar surface area (TPSA) is 41.6 Å². The van der Waals surface area contributed by atoms with Crippen molar-refractivity contribution in [2.75, 3.05) is 33.0 Å². The number of nitrogens with one attached hydrogen (secondary N) is 1. The number of likely N-dealkylation sites (tertiary alicyclic amines) is 1. The maximum absolute atomic E-state index is 10.9. The summed E-state index contributed by atoms with van der Waals surface area (Å²) in [5.41, 5.74) is 0. The van der Waals surface area contributed by atoms with E-state index in [0.717, 1.165) is 29.5 Å². The molecule has 0 radical (unpaired) electrons. The Morgan fingerprint density at radius 3 is 3.00 bits per heavy atom. The van der Waals surface area contributed by atoms with Gasteiger partial charge in [0.05, 0.1) is 7.11 Å². The van der Waals surface area contributed by atoms with Crippen molar-refractivity contribution in [3.63, 3.8) is 0 Å². The minimum Gasteiger partial charge on any atom is -0.469 e. The minimum atomic E-state index is -0.149. The first-order valence-electron chi connectivity index (χ1n) is 6.81. The third-order valence-electron chi connectivity index (χ3n) is 3.40. The van der Waals surface area contributed by atoms with Crippen LogP contribution in [0, 0.1) is 0 Å². The van der Waals surface area contributed by atoms with Crippen LogP contribution < -0.4 is 5.32 Å². The van der Waals surface area contributed by atoms with Gasteiger partial charge in [-0.05, 0) is 39.3 Å². The summed E-state index contributed by atoms with van der Waals surface area (Å²) in [7, 11) is 3.61. The molecule has 1 N–H and O–H groups in total. The SMILES string of the molecule is COC(=O)CCCSC(=S)NCCC1CCCN1C.